The summed E-state index contributed by atoms with van der Waals surface area (Å²) < 4.78 is 0. The summed E-state index contributed by atoms with van der Waals surface area (Å²) in [5, 5.41) is 0. The average molecular weight is 208 g/mol. The Hall–Kier alpha value is 0. The topological polar surface area (TPSA) is 0 Å². The third-order valence-corrected chi connectivity index (χ3v) is 5.39. The zero-order valence-corrected chi connectivity index (χ0v) is 11.1. The predicted octanol–water partition coefficient (Wildman–Crippen LogP) is 5.03. The van der Waals surface area contributed by atoms with Crippen molar-refractivity contribution in [1.82, 2.24) is 0 Å². The van der Waals surface area contributed by atoms with Crippen molar-refractivity contribution in [2.75, 3.05) is 0 Å². The summed E-state index contributed by atoms with van der Waals surface area (Å²) in [5.41, 5.74) is 1.26. The zero-order chi connectivity index (χ0) is 11.1. The molecule has 0 heterocycles. The van der Waals surface area contributed by atoms with Gasteiger partial charge in [0.1, 0.15) is 0 Å². The predicted molar refractivity (Wildman–Crippen MR) is 66.9 cm³/mol. The molecule has 0 radical (unpaired) electrons. The van der Waals surface area contributed by atoms with Gasteiger partial charge in [0.15, 0.2) is 0 Å². The fourth-order valence-electron chi connectivity index (χ4n) is 3.96. The molecule has 0 amide bonds. The smallest absolute Gasteiger partial charge is 0.0297 e. The lowest BCUT2D eigenvalue weighted by molar-refractivity contribution is 0.00482. The van der Waals surface area contributed by atoms with Crippen LogP contribution in [0.25, 0.3) is 0 Å². The Morgan fingerprint density at radius 3 is 2.40 bits per heavy atom. The third-order valence-electron chi connectivity index (χ3n) is 5.39. The minimum atomic E-state index is 0.540. The molecule has 0 aliphatic heterocycles. The van der Waals surface area contributed by atoms with E-state index in [9.17, 15) is 0 Å². The number of rotatable bonds is 0. The largest absolute Gasteiger partial charge is 0.0599 e. The van der Waals surface area contributed by atoms with Gasteiger partial charge in [0.2, 0.25) is 0 Å². The molecule has 0 aromatic heterocycles. The molecule has 2 rings (SSSR count). The first-order valence-corrected chi connectivity index (χ1v) is 6.92. The van der Waals surface area contributed by atoms with Crippen molar-refractivity contribution in [3.05, 3.63) is 0 Å². The molecular weight excluding hydrogens is 180 g/mol. The highest BCUT2D eigenvalue weighted by atomic mass is 14.5. The highest BCUT2D eigenvalue weighted by Gasteiger charge is 2.43. The van der Waals surface area contributed by atoms with E-state index in [1.807, 2.05) is 0 Å². The summed E-state index contributed by atoms with van der Waals surface area (Å²) in [5.74, 6) is 2.03. The van der Waals surface area contributed by atoms with E-state index < -0.39 is 0 Å². The Bertz CT molecular complexity index is 223. The average Bonchev–Trinajstić information content (AvgIpc) is 2.14. The summed E-state index contributed by atoms with van der Waals surface area (Å²) in [6.07, 6.45) is 10.5. The standard InChI is InChI=1S/C15H28/c1-14(2,3)12-8-10-15(4)9-6-5-7-13(15)11-12/h12-13H,5-11H2,1-4H3/t12-,13-,15+/m0/s1. The molecule has 0 aromatic rings. The SMILES string of the molecule is CC(C)(C)[C@H]1CC[C@@]2(C)CCCC[C@H]2C1. The molecule has 88 valence electrons. The summed E-state index contributed by atoms with van der Waals surface area (Å²) in [7, 11) is 0. The maximum absolute atomic E-state index is 2.57. The molecule has 0 aromatic carbocycles. The van der Waals surface area contributed by atoms with Gasteiger partial charge in [-0.3, -0.25) is 0 Å². The monoisotopic (exact) mass is 208 g/mol. The second kappa shape index (κ2) is 3.79. The van der Waals surface area contributed by atoms with E-state index in [1.165, 1.54) is 44.9 Å². The van der Waals surface area contributed by atoms with Crippen molar-refractivity contribution in [3.8, 4) is 0 Å². The highest BCUT2D eigenvalue weighted by molar-refractivity contribution is 4.94. The van der Waals surface area contributed by atoms with Gasteiger partial charge in [-0.05, 0) is 54.8 Å². The van der Waals surface area contributed by atoms with Gasteiger partial charge in [0.25, 0.3) is 0 Å². The second-order valence-electron chi connectivity index (χ2n) is 7.43. The number of hydrogen-bond acceptors (Lipinski definition) is 0. The number of hydrogen-bond donors (Lipinski definition) is 0. The Kier molecular flexibility index (Phi) is 2.90. The van der Waals surface area contributed by atoms with Crippen LogP contribution < -0.4 is 0 Å². The molecule has 0 nitrogen and oxygen atoms in total. The highest BCUT2D eigenvalue weighted by Crippen LogP contribution is 2.54. The maximum Gasteiger partial charge on any atom is -0.0297 e. The van der Waals surface area contributed by atoms with Crippen molar-refractivity contribution in [3.63, 3.8) is 0 Å². The van der Waals surface area contributed by atoms with E-state index in [0.717, 1.165) is 17.3 Å². The summed E-state index contributed by atoms with van der Waals surface area (Å²) >= 11 is 0. The van der Waals surface area contributed by atoms with Crippen LogP contribution in [0.2, 0.25) is 0 Å². The van der Waals surface area contributed by atoms with Gasteiger partial charge in [-0.2, -0.15) is 0 Å². The van der Waals surface area contributed by atoms with E-state index in [1.54, 1.807) is 0 Å². The van der Waals surface area contributed by atoms with Crippen LogP contribution in [0.5, 0.6) is 0 Å². The molecule has 2 aliphatic rings. The summed E-state index contributed by atoms with van der Waals surface area (Å²) in [6.45, 7) is 9.87. The van der Waals surface area contributed by atoms with Gasteiger partial charge in [0.05, 0.1) is 0 Å². The van der Waals surface area contributed by atoms with Gasteiger partial charge in [0, 0.05) is 0 Å². The van der Waals surface area contributed by atoms with Gasteiger partial charge in [-0.15, -0.1) is 0 Å². The molecule has 3 atom stereocenters. The van der Waals surface area contributed by atoms with Crippen molar-refractivity contribution < 1.29 is 0 Å². The Labute approximate surface area is 95.8 Å². The van der Waals surface area contributed by atoms with Gasteiger partial charge < -0.3 is 0 Å². The number of fused-ring (bicyclic) bond motifs is 1. The molecule has 15 heavy (non-hydrogen) atoms. The molecule has 0 spiro atoms. The normalized spacial score (nSPS) is 42.4. The lowest BCUT2D eigenvalue weighted by Gasteiger charge is -2.50. The Morgan fingerprint density at radius 2 is 1.73 bits per heavy atom. The Balaban J connectivity index is 2.05. The molecule has 0 saturated heterocycles. The third kappa shape index (κ3) is 2.24. The van der Waals surface area contributed by atoms with Crippen LogP contribution in [0.1, 0.15) is 72.6 Å². The first-order valence-electron chi connectivity index (χ1n) is 6.92. The van der Waals surface area contributed by atoms with Crippen molar-refractivity contribution >= 4 is 0 Å². The van der Waals surface area contributed by atoms with Gasteiger partial charge in [-0.25, -0.2) is 0 Å². The summed E-state index contributed by atoms with van der Waals surface area (Å²) in [4.78, 5) is 0. The second-order valence-corrected chi connectivity index (χ2v) is 7.43. The lowest BCUT2D eigenvalue weighted by atomic mass is 9.55. The molecule has 0 heteroatoms. The zero-order valence-electron chi connectivity index (χ0n) is 11.1. The van der Waals surface area contributed by atoms with E-state index in [4.69, 9.17) is 0 Å². The van der Waals surface area contributed by atoms with Crippen LogP contribution in [0.3, 0.4) is 0 Å². The maximum atomic E-state index is 2.57. The molecular formula is C15H28. The molecule has 0 bridgehead atoms. The molecule has 0 unspecified atom stereocenters. The van der Waals surface area contributed by atoms with Crippen LogP contribution in [0.15, 0.2) is 0 Å². The summed E-state index contributed by atoms with van der Waals surface area (Å²) in [6, 6.07) is 0. The quantitative estimate of drug-likeness (QED) is 0.524. The van der Waals surface area contributed by atoms with Gasteiger partial charge >= 0.3 is 0 Å². The minimum absolute atomic E-state index is 0.540. The van der Waals surface area contributed by atoms with Crippen molar-refractivity contribution in [1.29, 1.82) is 0 Å². The van der Waals surface area contributed by atoms with E-state index in [-0.39, 0.29) is 0 Å². The van der Waals surface area contributed by atoms with Crippen LogP contribution in [-0.4, -0.2) is 0 Å². The van der Waals surface area contributed by atoms with E-state index in [0.29, 0.717) is 5.41 Å². The van der Waals surface area contributed by atoms with Crippen molar-refractivity contribution in [2.45, 2.75) is 72.6 Å². The van der Waals surface area contributed by atoms with Gasteiger partial charge in [-0.1, -0.05) is 40.5 Å². The fourth-order valence-corrected chi connectivity index (χ4v) is 3.96. The van der Waals surface area contributed by atoms with E-state index >= 15 is 0 Å². The van der Waals surface area contributed by atoms with E-state index in [2.05, 4.69) is 27.7 Å². The molecule has 2 fully saturated rings. The molecule has 2 saturated carbocycles. The molecule has 2 aliphatic carbocycles. The fraction of sp³-hybridized carbons (Fsp3) is 1.00. The van der Waals surface area contributed by atoms with Crippen LogP contribution in [0, 0.1) is 22.7 Å². The molecule has 0 N–H and O–H groups in total. The van der Waals surface area contributed by atoms with Crippen molar-refractivity contribution in [2.24, 2.45) is 22.7 Å². The first kappa shape index (κ1) is 11.5. The lowest BCUT2D eigenvalue weighted by Crippen LogP contribution is -2.40. The minimum Gasteiger partial charge on any atom is -0.0599 e. The van der Waals surface area contributed by atoms with Crippen LogP contribution in [-0.2, 0) is 0 Å². The Morgan fingerprint density at radius 1 is 1.00 bits per heavy atom. The van der Waals surface area contributed by atoms with Crippen LogP contribution >= 0.6 is 0 Å². The first-order chi connectivity index (χ1) is 6.92. The van der Waals surface area contributed by atoms with Crippen LogP contribution in [0.4, 0.5) is 0 Å².